The monoisotopic (exact) mass is 330 g/mol. The number of hydrogen-bond acceptors (Lipinski definition) is 4. The van der Waals surface area contributed by atoms with Crippen LogP contribution in [0.15, 0.2) is 16.6 Å². The minimum Gasteiger partial charge on any atom is -0.487 e. The zero-order valence-corrected chi connectivity index (χ0v) is 12.0. The first kappa shape index (κ1) is 15.4. The van der Waals surface area contributed by atoms with Crippen molar-refractivity contribution in [3.63, 3.8) is 0 Å². The molecule has 0 amide bonds. The molecular formula is C12H12BrFN2O3. The average molecular weight is 331 g/mol. The van der Waals surface area contributed by atoms with E-state index in [1.807, 2.05) is 0 Å². The van der Waals surface area contributed by atoms with Gasteiger partial charge in [-0.05, 0) is 36.2 Å². The number of nitro groups is 1. The minimum absolute atomic E-state index is 0.00362. The molecule has 0 aliphatic carbocycles. The van der Waals surface area contributed by atoms with Crippen molar-refractivity contribution in [3.05, 3.63) is 32.5 Å². The highest BCUT2D eigenvalue weighted by Crippen LogP contribution is 2.33. The van der Waals surface area contributed by atoms with Gasteiger partial charge in [-0.2, -0.15) is 5.26 Å². The standard InChI is InChI=1S/C12H12BrFN2O3/c1-12(2,7-15)3-4-19-11-6-9(14)8(13)5-10(11)16(17)18/h5-6H,3-4H2,1-2H3. The topological polar surface area (TPSA) is 76.2 Å². The molecule has 0 atom stereocenters. The number of halogens is 2. The molecule has 0 N–H and O–H groups in total. The molecule has 1 rings (SSSR count). The summed E-state index contributed by atoms with van der Waals surface area (Å²) in [6.07, 6.45) is 0.387. The Kier molecular flexibility index (Phi) is 4.84. The van der Waals surface area contributed by atoms with Crippen molar-refractivity contribution in [1.82, 2.24) is 0 Å². The number of nitriles is 1. The van der Waals surface area contributed by atoms with E-state index >= 15 is 0 Å². The van der Waals surface area contributed by atoms with Gasteiger partial charge in [0.15, 0.2) is 5.75 Å². The van der Waals surface area contributed by atoms with Gasteiger partial charge in [0, 0.05) is 12.1 Å². The van der Waals surface area contributed by atoms with Crippen LogP contribution in [0.25, 0.3) is 0 Å². The van der Waals surface area contributed by atoms with Crippen molar-refractivity contribution in [1.29, 1.82) is 5.26 Å². The molecule has 0 aliphatic rings. The van der Waals surface area contributed by atoms with Crippen molar-refractivity contribution < 1.29 is 14.1 Å². The third-order valence-corrected chi connectivity index (χ3v) is 3.09. The second kappa shape index (κ2) is 5.97. The molecule has 0 unspecified atom stereocenters. The SMILES string of the molecule is CC(C)(C#N)CCOc1cc(F)c(Br)cc1[N+](=O)[O-]. The van der Waals surface area contributed by atoms with E-state index in [1.54, 1.807) is 13.8 Å². The fourth-order valence-corrected chi connectivity index (χ4v) is 1.58. The maximum absolute atomic E-state index is 13.3. The number of benzene rings is 1. The molecule has 0 saturated carbocycles. The number of nitrogens with zero attached hydrogens (tertiary/aromatic N) is 2. The van der Waals surface area contributed by atoms with Gasteiger partial charge in [-0.1, -0.05) is 0 Å². The smallest absolute Gasteiger partial charge is 0.312 e. The molecule has 5 nitrogen and oxygen atoms in total. The second-order valence-corrected chi connectivity index (χ2v) is 5.44. The van der Waals surface area contributed by atoms with Gasteiger partial charge < -0.3 is 4.74 Å². The predicted octanol–water partition coefficient (Wildman–Crippen LogP) is 3.82. The van der Waals surface area contributed by atoms with Crippen LogP contribution in [0.5, 0.6) is 5.75 Å². The highest BCUT2D eigenvalue weighted by atomic mass is 79.9. The van der Waals surface area contributed by atoms with E-state index in [0.717, 1.165) is 12.1 Å². The minimum atomic E-state index is -0.644. The summed E-state index contributed by atoms with van der Waals surface area (Å²) < 4.78 is 18.6. The Bertz CT molecular complexity index is 541. The normalized spacial score (nSPS) is 10.9. The Morgan fingerprint density at radius 3 is 2.74 bits per heavy atom. The van der Waals surface area contributed by atoms with E-state index < -0.39 is 16.2 Å². The van der Waals surface area contributed by atoms with Crippen molar-refractivity contribution in [3.8, 4) is 11.8 Å². The largest absolute Gasteiger partial charge is 0.487 e. The van der Waals surface area contributed by atoms with Crippen molar-refractivity contribution in [2.45, 2.75) is 20.3 Å². The molecule has 0 spiro atoms. The Balaban J connectivity index is 2.87. The van der Waals surface area contributed by atoms with Crippen LogP contribution in [-0.4, -0.2) is 11.5 Å². The molecule has 102 valence electrons. The maximum Gasteiger partial charge on any atom is 0.312 e. The van der Waals surface area contributed by atoms with Gasteiger partial charge in [-0.3, -0.25) is 10.1 Å². The Morgan fingerprint density at radius 1 is 1.58 bits per heavy atom. The van der Waals surface area contributed by atoms with Crippen LogP contribution in [0.4, 0.5) is 10.1 Å². The van der Waals surface area contributed by atoms with Gasteiger partial charge in [0.1, 0.15) is 5.82 Å². The summed E-state index contributed by atoms with van der Waals surface area (Å²) in [5.74, 6) is -0.778. The van der Waals surface area contributed by atoms with Crippen LogP contribution in [-0.2, 0) is 0 Å². The lowest BCUT2D eigenvalue weighted by Gasteiger charge is -2.15. The van der Waals surface area contributed by atoms with Crippen LogP contribution in [0.2, 0.25) is 0 Å². The van der Waals surface area contributed by atoms with Crippen LogP contribution in [0.1, 0.15) is 20.3 Å². The number of rotatable bonds is 5. The highest BCUT2D eigenvalue weighted by molar-refractivity contribution is 9.10. The summed E-state index contributed by atoms with van der Waals surface area (Å²) in [4.78, 5) is 10.2. The van der Waals surface area contributed by atoms with Crippen LogP contribution < -0.4 is 4.74 Å². The Hall–Kier alpha value is -1.68. The molecule has 0 radical (unpaired) electrons. The Labute approximate surface area is 118 Å². The van der Waals surface area contributed by atoms with E-state index in [2.05, 4.69) is 22.0 Å². The number of hydrogen-bond donors (Lipinski definition) is 0. The Morgan fingerprint density at radius 2 is 2.21 bits per heavy atom. The van der Waals surface area contributed by atoms with Crippen LogP contribution in [0, 0.1) is 32.7 Å². The zero-order chi connectivity index (χ0) is 14.6. The first-order chi connectivity index (χ1) is 8.76. The van der Waals surface area contributed by atoms with Crippen LogP contribution >= 0.6 is 15.9 Å². The second-order valence-electron chi connectivity index (χ2n) is 4.59. The van der Waals surface area contributed by atoms with Crippen LogP contribution in [0.3, 0.4) is 0 Å². The third kappa shape index (κ3) is 4.17. The summed E-state index contributed by atoms with van der Waals surface area (Å²) >= 11 is 2.88. The van der Waals surface area contributed by atoms with E-state index in [9.17, 15) is 14.5 Å². The van der Waals surface area contributed by atoms with Gasteiger partial charge in [0.05, 0.1) is 27.5 Å². The molecule has 1 aromatic rings. The molecule has 1 aromatic carbocycles. The summed E-state index contributed by atoms with van der Waals surface area (Å²) in [6, 6.07) is 4.11. The maximum atomic E-state index is 13.3. The van der Waals surface area contributed by atoms with E-state index in [-0.39, 0.29) is 22.5 Å². The molecule has 0 heterocycles. The zero-order valence-electron chi connectivity index (χ0n) is 10.4. The summed E-state index contributed by atoms with van der Waals surface area (Å²) in [5.41, 5.74) is -0.911. The van der Waals surface area contributed by atoms with Gasteiger partial charge in [0.2, 0.25) is 0 Å². The van der Waals surface area contributed by atoms with E-state index in [0.29, 0.717) is 6.42 Å². The molecule has 0 bridgehead atoms. The fourth-order valence-electron chi connectivity index (χ4n) is 1.25. The highest BCUT2D eigenvalue weighted by Gasteiger charge is 2.21. The molecule has 19 heavy (non-hydrogen) atoms. The number of ether oxygens (including phenoxy) is 1. The lowest BCUT2D eigenvalue weighted by Crippen LogP contribution is -2.13. The van der Waals surface area contributed by atoms with Crippen molar-refractivity contribution in [2.75, 3.05) is 6.61 Å². The summed E-state index contributed by atoms with van der Waals surface area (Å²) in [7, 11) is 0. The van der Waals surface area contributed by atoms with E-state index in [1.165, 1.54) is 0 Å². The average Bonchev–Trinajstić information content (AvgIpc) is 2.32. The number of nitro benzene ring substituents is 1. The lowest BCUT2D eigenvalue weighted by atomic mass is 9.92. The fraction of sp³-hybridized carbons (Fsp3) is 0.417. The first-order valence-corrected chi connectivity index (χ1v) is 6.23. The molecule has 0 aliphatic heterocycles. The van der Waals surface area contributed by atoms with Gasteiger partial charge in [-0.15, -0.1) is 0 Å². The lowest BCUT2D eigenvalue weighted by molar-refractivity contribution is -0.386. The van der Waals surface area contributed by atoms with E-state index in [4.69, 9.17) is 10.00 Å². The van der Waals surface area contributed by atoms with Gasteiger partial charge in [0.25, 0.3) is 0 Å². The van der Waals surface area contributed by atoms with Gasteiger partial charge >= 0.3 is 5.69 Å². The quantitative estimate of drug-likeness (QED) is 0.607. The van der Waals surface area contributed by atoms with Crippen molar-refractivity contribution in [2.24, 2.45) is 5.41 Å². The third-order valence-electron chi connectivity index (χ3n) is 2.49. The molecule has 0 fully saturated rings. The molecular weight excluding hydrogens is 319 g/mol. The first-order valence-electron chi connectivity index (χ1n) is 5.44. The molecule has 0 aromatic heterocycles. The van der Waals surface area contributed by atoms with Gasteiger partial charge in [-0.25, -0.2) is 4.39 Å². The molecule has 0 saturated heterocycles. The summed E-state index contributed by atoms with van der Waals surface area (Å²) in [5, 5.41) is 19.7. The molecule has 7 heteroatoms. The van der Waals surface area contributed by atoms with Crippen molar-refractivity contribution >= 4 is 21.6 Å². The summed E-state index contributed by atoms with van der Waals surface area (Å²) in [6.45, 7) is 3.56. The predicted molar refractivity (Wildman–Crippen MR) is 70.3 cm³/mol.